The molecule has 2 N–H and O–H groups in total. The molecule has 2 aromatic heterocycles. The van der Waals surface area contributed by atoms with Crippen molar-refractivity contribution in [1.29, 1.82) is 10.7 Å². The predicted octanol–water partition coefficient (Wildman–Crippen LogP) is 6.45. The van der Waals surface area contributed by atoms with E-state index < -0.39 is 11.6 Å². The lowest BCUT2D eigenvalue weighted by Crippen LogP contribution is -2.43. The van der Waals surface area contributed by atoms with E-state index in [1.54, 1.807) is 24.1 Å². The molecule has 0 atom stereocenters. The van der Waals surface area contributed by atoms with Crippen molar-refractivity contribution in [1.82, 2.24) is 14.9 Å². The van der Waals surface area contributed by atoms with Crippen molar-refractivity contribution >= 4 is 29.6 Å². The third kappa shape index (κ3) is 8.70. The Morgan fingerprint density at radius 1 is 1.12 bits per heavy atom. The van der Waals surface area contributed by atoms with Crippen molar-refractivity contribution in [2.75, 3.05) is 43.0 Å². The molecule has 4 heterocycles. The average Bonchev–Trinajstić information content (AvgIpc) is 3.08. The van der Waals surface area contributed by atoms with Gasteiger partial charge < -0.3 is 29.3 Å². The summed E-state index contributed by atoms with van der Waals surface area (Å²) < 4.78 is 17.2. The van der Waals surface area contributed by atoms with E-state index in [1.807, 2.05) is 45.1 Å². The molecule has 2 aliphatic heterocycles. The minimum Gasteiger partial charge on any atom is -0.474 e. The highest BCUT2D eigenvalue weighted by atomic mass is 16.6. The van der Waals surface area contributed by atoms with E-state index in [0.717, 1.165) is 50.3 Å². The Hall–Kier alpha value is -4.92. The van der Waals surface area contributed by atoms with Gasteiger partial charge in [0, 0.05) is 68.0 Å². The zero-order chi connectivity index (χ0) is 34.3. The number of pyridine rings is 2. The van der Waals surface area contributed by atoms with Gasteiger partial charge in [-0.15, -0.1) is 0 Å². The van der Waals surface area contributed by atoms with Crippen molar-refractivity contribution in [2.24, 2.45) is 5.92 Å². The van der Waals surface area contributed by atoms with Crippen LogP contribution in [0.15, 0.2) is 48.3 Å². The zero-order valence-corrected chi connectivity index (χ0v) is 28.3. The Morgan fingerprint density at radius 2 is 1.88 bits per heavy atom. The number of carbonyl (C=O) groups is 2. The molecule has 0 spiro atoms. The highest BCUT2D eigenvalue weighted by molar-refractivity contribution is 6.05. The van der Waals surface area contributed by atoms with Crippen molar-refractivity contribution in [3.63, 3.8) is 0 Å². The number of rotatable bonds is 8. The van der Waals surface area contributed by atoms with Crippen LogP contribution in [0.4, 0.5) is 16.4 Å². The van der Waals surface area contributed by atoms with E-state index in [0.29, 0.717) is 48.4 Å². The Morgan fingerprint density at radius 3 is 2.48 bits per heavy atom. The molecule has 0 aromatic carbocycles. The van der Waals surface area contributed by atoms with Crippen LogP contribution in [0.5, 0.6) is 0 Å². The third-order valence-corrected chi connectivity index (χ3v) is 8.46. The van der Waals surface area contributed by atoms with E-state index in [1.165, 1.54) is 0 Å². The lowest BCUT2D eigenvalue weighted by atomic mass is 9.98. The second-order valence-corrected chi connectivity index (χ2v) is 13.2. The van der Waals surface area contributed by atoms with Crippen molar-refractivity contribution in [2.45, 2.75) is 77.9 Å². The number of hydrogen-bond acceptors (Lipinski definition) is 11. The molecular weight excluding hydrogens is 610 g/mol. The van der Waals surface area contributed by atoms with Crippen LogP contribution >= 0.6 is 0 Å². The van der Waals surface area contributed by atoms with Crippen LogP contribution in [0.3, 0.4) is 0 Å². The van der Waals surface area contributed by atoms with E-state index >= 15 is 0 Å². The SMILES string of the molecule is CCOC(=O)c1cc(-c2ccc(N3CCC(C#N)CC3)nc2)c(C(=N)OC2CCN(C(=O)OC(C)(C)C)CC2)c(NC2=CC=CCC2)n1. The van der Waals surface area contributed by atoms with Gasteiger partial charge in [0.15, 0.2) is 5.69 Å². The van der Waals surface area contributed by atoms with Crippen LogP contribution < -0.4 is 10.2 Å². The summed E-state index contributed by atoms with van der Waals surface area (Å²) in [5.41, 5.74) is 2.05. The number of piperidine rings is 2. The minimum atomic E-state index is -0.583. The molecule has 2 fully saturated rings. The maximum absolute atomic E-state index is 13.0. The Labute approximate surface area is 282 Å². The largest absolute Gasteiger partial charge is 0.474 e. The number of likely N-dealkylation sites (tertiary alicyclic amines) is 1. The number of carbonyl (C=O) groups excluding carboxylic acids is 2. The van der Waals surface area contributed by atoms with E-state index in [2.05, 4.69) is 27.3 Å². The molecule has 3 aliphatic rings. The molecule has 2 aromatic rings. The summed E-state index contributed by atoms with van der Waals surface area (Å²) >= 11 is 0. The molecule has 12 nitrogen and oxygen atoms in total. The summed E-state index contributed by atoms with van der Waals surface area (Å²) in [5, 5.41) is 21.9. The Balaban J connectivity index is 1.46. The molecular formula is C36H45N7O5. The normalized spacial score (nSPS) is 17.3. The number of nitriles is 1. The van der Waals surface area contributed by atoms with Gasteiger partial charge in [-0.1, -0.05) is 12.2 Å². The number of nitrogens with one attached hydrogen (secondary N) is 2. The van der Waals surface area contributed by atoms with Crippen LogP contribution in [0, 0.1) is 22.7 Å². The maximum atomic E-state index is 13.0. The Bertz CT molecular complexity index is 1590. The highest BCUT2D eigenvalue weighted by Gasteiger charge is 2.30. The van der Waals surface area contributed by atoms with Crippen LogP contribution in [0.25, 0.3) is 11.1 Å². The summed E-state index contributed by atoms with van der Waals surface area (Å²) in [4.78, 5) is 38.9. The Kier molecular flexibility index (Phi) is 11.0. The number of hydrogen-bond donors (Lipinski definition) is 2. The molecule has 2 saturated heterocycles. The van der Waals surface area contributed by atoms with Gasteiger partial charge in [-0.25, -0.2) is 19.6 Å². The van der Waals surface area contributed by atoms with E-state index in [9.17, 15) is 20.3 Å². The van der Waals surface area contributed by atoms with Crippen LogP contribution in [0.2, 0.25) is 0 Å². The lowest BCUT2D eigenvalue weighted by Gasteiger charge is -2.33. The van der Waals surface area contributed by atoms with Crippen LogP contribution in [-0.2, 0) is 14.2 Å². The molecule has 0 bridgehead atoms. The first kappa shape index (κ1) is 34.4. The van der Waals surface area contributed by atoms with Gasteiger partial charge in [0.25, 0.3) is 0 Å². The molecule has 254 valence electrons. The topological polar surface area (TPSA) is 154 Å². The molecule has 48 heavy (non-hydrogen) atoms. The number of amides is 1. The first-order chi connectivity index (χ1) is 23.0. The predicted molar refractivity (Wildman–Crippen MR) is 183 cm³/mol. The number of allylic oxidation sites excluding steroid dienone is 4. The fourth-order valence-electron chi connectivity index (χ4n) is 5.94. The molecule has 5 rings (SSSR count). The monoisotopic (exact) mass is 655 g/mol. The molecule has 0 unspecified atom stereocenters. The number of anilines is 2. The highest BCUT2D eigenvalue weighted by Crippen LogP contribution is 2.34. The number of nitrogens with zero attached hydrogens (tertiary/aromatic N) is 5. The van der Waals surface area contributed by atoms with Crippen molar-refractivity contribution in [3.05, 3.63) is 59.6 Å². The first-order valence-corrected chi connectivity index (χ1v) is 16.7. The van der Waals surface area contributed by atoms with Crippen molar-refractivity contribution < 1.29 is 23.8 Å². The fraction of sp³-hybridized carbons (Fsp3) is 0.500. The van der Waals surface area contributed by atoms with Gasteiger partial charge in [-0.3, -0.25) is 5.41 Å². The van der Waals surface area contributed by atoms with Gasteiger partial charge in [0.1, 0.15) is 23.3 Å². The summed E-state index contributed by atoms with van der Waals surface area (Å²) in [6.45, 7) is 9.85. The van der Waals surface area contributed by atoms with Gasteiger partial charge >= 0.3 is 12.1 Å². The zero-order valence-electron chi connectivity index (χ0n) is 28.3. The van der Waals surface area contributed by atoms with Gasteiger partial charge in [-0.05, 0) is 77.7 Å². The standard InChI is InChI=1S/C36H45N7O5/c1-5-46-34(44)29-21-28(25-11-12-30(39-23-25)42-17-13-24(22-37)14-18-42)31(33(41-29)40-26-9-7-6-8-10-26)32(38)47-27-15-19-43(20-16-27)35(45)48-36(2,3)4/h6-7,9,11-12,21,23-24,27,38H,5,8,10,13-20H2,1-4H3,(H,40,41). The van der Waals surface area contributed by atoms with Crippen LogP contribution in [0.1, 0.15) is 82.3 Å². The van der Waals surface area contributed by atoms with Gasteiger partial charge in [-0.2, -0.15) is 5.26 Å². The van der Waals surface area contributed by atoms with Gasteiger partial charge in [0.2, 0.25) is 5.90 Å². The van der Waals surface area contributed by atoms with E-state index in [4.69, 9.17) is 19.2 Å². The molecule has 0 saturated carbocycles. The van der Waals surface area contributed by atoms with Crippen molar-refractivity contribution in [3.8, 4) is 17.2 Å². The number of esters is 1. The van der Waals surface area contributed by atoms with Gasteiger partial charge in [0.05, 0.1) is 18.2 Å². The van der Waals surface area contributed by atoms with Crippen LogP contribution in [-0.4, -0.2) is 77.3 Å². The molecule has 1 amide bonds. The summed E-state index contributed by atoms with van der Waals surface area (Å²) in [7, 11) is 0. The smallest absolute Gasteiger partial charge is 0.410 e. The quantitative estimate of drug-likeness (QED) is 0.184. The summed E-state index contributed by atoms with van der Waals surface area (Å²) in [6, 6.07) is 7.84. The second kappa shape index (κ2) is 15.3. The summed E-state index contributed by atoms with van der Waals surface area (Å²) in [5.74, 6) is 0.517. The number of aromatic nitrogens is 2. The number of ether oxygens (including phenoxy) is 3. The second-order valence-electron chi connectivity index (χ2n) is 13.2. The minimum absolute atomic E-state index is 0.0671. The maximum Gasteiger partial charge on any atom is 0.410 e. The summed E-state index contributed by atoms with van der Waals surface area (Å²) in [6.07, 6.45) is 11.3. The molecule has 0 radical (unpaired) electrons. The van der Waals surface area contributed by atoms with E-state index in [-0.39, 0.29) is 36.3 Å². The first-order valence-electron chi connectivity index (χ1n) is 16.7. The third-order valence-electron chi connectivity index (χ3n) is 8.46. The fourth-order valence-corrected chi connectivity index (χ4v) is 5.94. The molecule has 12 heteroatoms. The molecule has 1 aliphatic carbocycles. The lowest BCUT2D eigenvalue weighted by molar-refractivity contribution is 0.0115. The average molecular weight is 656 g/mol.